The molecule has 22 heteroatoms. The fourth-order valence-electron chi connectivity index (χ4n) is 5.18. The van der Waals surface area contributed by atoms with Gasteiger partial charge in [-0.2, -0.15) is 26.3 Å². The van der Waals surface area contributed by atoms with Gasteiger partial charge < -0.3 is 19.7 Å². The van der Waals surface area contributed by atoms with Gasteiger partial charge in [-0.1, -0.05) is 27.7 Å². The Morgan fingerprint density at radius 3 is 1.24 bits per heavy atom. The zero-order valence-electron chi connectivity index (χ0n) is 34.6. The molecule has 2 aromatic carbocycles. The quantitative estimate of drug-likeness (QED) is 0.103. The Kier molecular flexibility index (Phi) is 21.8. The van der Waals surface area contributed by atoms with Crippen LogP contribution >= 0.6 is 23.5 Å². The molecule has 2 rings (SSSR count). The van der Waals surface area contributed by atoms with Crippen molar-refractivity contribution < 1.29 is 80.8 Å². The van der Waals surface area contributed by atoms with Crippen molar-refractivity contribution in [1.82, 2.24) is 0 Å². The molecule has 1 unspecified atom stereocenters. The van der Waals surface area contributed by atoms with E-state index in [1.54, 1.807) is 52.0 Å². The molecule has 0 heterocycles. The first kappa shape index (κ1) is 55.7. The molecule has 0 fully saturated rings. The number of alkyl halides is 6. The number of ether oxygens (including phenoxy) is 2. The summed E-state index contributed by atoms with van der Waals surface area (Å²) in [5.41, 5.74) is -4.01. The second-order valence-electron chi connectivity index (χ2n) is 13.7. The summed E-state index contributed by atoms with van der Waals surface area (Å²) in [7, 11) is 2.90. The van der Waals surface area contributed by atoms with E-state index in [9.17, 15) is 55.4 Å². The molecule has 0 bridgehead atoms. The van der Waals surface area contributed by atoms with Crippen LogP contribution < -0.4 is 9.47 Å². The van der Waals surface area contributed by atoms with E-state index >= 15 is 0 Å². The van der Waals surface area contributed by atoms with E-state index in [4.69, 9.17) is 14.6 Å². The van der Waals surface area contributed by atoms with Gasteiger partial charge in [-0.3, -0.25) is 4.79 Å². The molecule has 0 aromatic heterocycles. The van der Waals surface area contributed by atoms with E-state index in [0.717, 1.165) is 37.5 Å². The molecule has 334 valence electrons. The number of aliphatic hydroxyl groups excluding tert-OH is 1. The Morgan fingerprint density at radius 2 is 0.983 bits per heavy atom. The van der Waals surface area contributed by atoms with Crippen molar-refractivity contribution in [2.24, 2.45) is 0 Å². The van der Waals surface area contributed by atoms with Gasteiger partial charge in [0, 0.05) is 32.8 Å². The van der Waals surface area contributed by atoms with Gasteiger partial charge in [-0.15, -0.1) is 23.5 Å². The second-order valence-corrected chi connectivity index (χ2v) is 22.6. The van der Waals surface area contributed by atoms with Gasteiger partial charge in [-0.25, -0.2) is 0 Å². The summed E-state index contributed by atoms with van der Waals surface area (Å²) in [6, 6.07) is 10.6. The fraction of sp³-hybridized carbons (Fsp3) is 0.541. The molecule has 2 N–H and O–H groups in total. The first-order chi connectivity index (χ1) is 26.8. The summed E-state index contributed by atoms with van der Waals surface area (Å²) in [4.78, 5) is 56.5. The smallest absolute Gasteiger partial charge is 0.450 e. The van der Waals surface area contributed by atoms with E-state index < -0.39 is 101 Å². The summed E-state index contributed by atoms with van der Waals surface area (Å²) in [5.74, 6) is -4.30. The van der Waals surface area contributed by atoms with Crippen molar-refractivity contribution >= 4 is 76.2 Å². The molecular weight excluding hydrogens is 1040 g/mol. The van der Waals surface area contributed by atoms with E-state index in [-0.39, 0.29) is 0 Å². The number of carbonyl (C=O) groups is 5. The van der Waals surface area contributed by atoms with Crippen molar-refractivity contribution in [3.8, 4) is 11.5 Å². The van der Waals surface area contributed by atoms with E-state index in [2.05, 4.69) is 10.7 Å². The number of carbonyl (C=O) groups excluding carboxylic acids is 5. The van der Waals surface area contributed by atoms with Crippen LogP contribution in [-0.4, -0.2) is 114 Å². The second kappa shape index (κ2) is 23.1. The van der Waals surface area contributed by atoms with Crippen LogP contribution in [-0.2, 0) is 45.6 Å². The summed E-state index contributed by atoms with van der Waals surface area (Å²) in [5, 5.41) is 18.9. The number of methoxy groups -OCH3 is 2. The monoisotopic (exact) mass is 1090 g/mol. The van der Waals surface area contributed by atoms with Gasteiger partial charge in [0.1, 0.15) is 11.5 Å². The molecule has 13 nitrogen and oxygen atoms in total. The van der Waals surface area contributed by atoms with Crippen LogP contribution in [0.5, 0.6) is 11.5 Å². The third-order valence-corrected chi connectivity index (χ3v) is 17.6. The van der Waals surface area contributed by atoms with E-state index in [1.165, 1.54) is 37.7 Å². The zero-order chi connectivity index (χ0) is 46.4. The number of hydrogen-bond acceptors (Lipinski definition) is 15. The molecule has 0 aliphatic carbocycles. The van der Waals surface area contributed by atoms with Gasteiger partial charge >= 0.3 is 117 Å². The van der Waals surface area contributed by atoms with Crippen LogP contribution in [0.2, 0.25) is 0 Å². The maximum Gasteiger partial charge on any atom is 0.450 e. The van der Waals surface area contributed by atoms with Crippen LogP contribution in [0.1, 0.15) is 79.4 Å². The molecule has 0 saturated heterocycles. The van der Waals surface area contributed by atoms with Crippen LogP contribution in [0, 0.1) is 0 Å². The molecule has 1 atom stereocenters. The Morgan fingerprint density at radius 1 is 0.644 bits per heavy atom. The molecule has 0 aliphatic heterocycles. The summed E-state index contributed by atoms with van der Waals surface area (Å²) in [6.45, 7) is 9.03. The Hall–Kier alpha value is -3.29. The normalized spacial score (nSPS) is 12.9. The maximum absolute atomic E-state index is 13.0. The van der Waals surface area contributed by atoms with Crippen LogP contribution in [0.3, 0.4) is 0 Å². The molecule has 0 aliphatic rings. The minimum Gasteiger partial charge on any atom is -0.496 e. The van der Waals surface area contributed by atoms with Crippen LogP contribution in [0.4, 0.5) is 26.3 Å². The Bertz CT molecular complexity index is 1700. The average Bonchev–Trinajstić information content (AvgIpc) is 3.08. The van der Waals surface area contributed by atoms with Crippen molar-refractivity contribution in [2.75, 3.05) is 33.3 Å². The van der Waals surface area contributed by atoms with Gasteiger partial charge in [0.25, 0.3) is 0 Å². The SMILES string of the molecule is CC(=O)[O][Pb]([O]C(C)=O)([O]C(C)=O)[O]C(C)=O.COc1ccc(SC)cc1C(C)(C)CC(=O)C(F)(F)F.COc1ccc(SC)cc1C(C)(C)CC(O)(CO)C(F)(F)F. The molecule has 0 saturated carbocycles. The number of hydrogen-bond donors (Lipinski definition) is 2. The number of aliphatic hydroxyl groups is 2. The fourth-order valence-corrected chi connectivity index (χ4v) is 12.5. The molecular formula is C37H50F6O13PbS2. The Labute approximate surface area is 354 Å². The predicted octanol–water partition coefficient (Wildman–Crippen LogP) is 7.26. The predicted molar refractivity (Wildman–Crippen MR) is 207 cm³/mol. The maximum atomic E-state index is 13.0. The van der Waals surface area contributed by atoms with Crippen LogP contribution in [0.15, 0.2) is 46.2 Å². The molecule has 0 spiro atoms. The van der Waals surface area contributed by atoms with E-state index in [1.807, 2.05) is 24.6 Å². The number of rotatable bonds is 15. The Balaban J connectivity index is 0.000000863. The number of halogens is 6. The molecule has 0 radical (unpaired) electrons. The zero-order valence-corrected chi connectivity index (χ0v) is 40.1. The van der Waals surface area contributed by atoms with Crippen molar-refractivity contribution in [1.29, 1.82) is 0 Å². The van der Waals surface area contributed by atoms with Gasteiger partial charge in [0.2, 0.25) is 5.78 Å². The largest absolute Gasteiger partial charge is 0.496 e. The standard InChI is InChI=1S/C15H21F3O3S.C14H17F3O2S.4C2H4O2.Pb/c1-13(2,8-14(20,9-19)15(16,17)18)11-7-10(22-4)5-6-12(11)21-3;1-13(2,8-12(18)14(15,16)17)10-7-9(20-4)5-6-11(10)19-3;4*1-2(3)4;/h5-7,19-20H,8-9H2,1-4H3;5-7H,8H2,1-4H3;4*1H3,(H,3,4);/q;;;;;;+4/p-4. The third-order valence-electron chi connectivity index (χ3n) is 7.79. The van der Waals surface area contributed by atoms with Crippen LogP contribution in [0.25, 0.3) is 0 Å². The minimum atomic E-state index is -5.43. The third kappa shape index (κ3) is 18.1. The average molecular weight is 1090 g/mol. The number of ketones is 1. The number of Topliss-reactive ketones (excluding diaryl/α,β-unsaturated/α-hetero) is 1. The molecule has 59 heavy (non-hydrogen) atoms. The minimum absolute atomic E-state index is 0.449. The van der Waals surface area contributed by atoms with Gasteiger partial charge in [-0.05, 0) is 60.7 Å². The van der Waals surface area contributed by atoms with E-state index in [0.29, 0.717) is 22.6 Å². The first-order valence-electron chi connectivity index (χ1n) is 17.0. The topological polar surface area (TPSA) is 181 Å². The van der Waals surface area contributed by atoms with Crippen molar-refractivity contribution in [3.05, 3.63) is 47.5 Å². The number of thioether (sulfide) groups is 2. The van der Waals surface area contributed by atoms with Crippen molar-refractivity contribution in [2.45, 2.75) is 107 Å². The first-order valence-corrected chi connectivity index (χ1v) is 25.8. The van der Waals surface area contributed by atoms with Crippen molar-refractivity contribution in [3.63, 3.8) is 0 Å². The molecule has 0 amide bonds. The number of benzene rings is 2. The summed E-state index contributed by atoms with van der Waals surface area (Å²) in [6.07, 6.45) is -7.26. The summed E-state index contributed by atoms with van der Waals surface area (Å²) >= 11 is -2.49. The molecule has 2 aromatic rings. The van der Waals surface area contributed by atoms with Gasteiger partial charge in [0.15, 0.2) is 5.60 Å². The van der Waals surface area contributed by atoms with Gasteiger partial charge in [0.05, 0.1) is 20.8 Å². The summed E-state index contributed by atoms with van der Waals surface area (Å²) < 4.78 is 105.